The third kappa shape index (κ3) is 5.15. The van der Waals surface area contributed by atoms with Crippen LogP contribution in [0.1, 0.15) is 41.0 Å². The first kappa shape index (κ1) is 23.4. The van der Waals surface area contributed by atoms with Gasteiger partial charge in [0.15, 0.2) is 0 Å². The van der Waals surface area contributed by atoms with E-state index in [0.29, 0.717) is 27.8 Å². The topological polar surface area (TPSA) is 109 Å². The average Bonchev–Trinajstić information content (AvgIpc) is 2.80. The van der Waals surface area contributed by atoms with Crippen molar-refractivity contribution in [2.45, 2.75) is 40.0 Å². The second kappa shape index (κ2) is 10.4. The van der Waals surface area contributed by atoms with Crippen LogP contribution in [0.5, 0.6) is 0 Å². The van der Waals surface area contributed by atoms with Gasteiger partial charge in [0.25, 0.3) is 5.91 Å². The SMILES string of the molecule is Cc1c(C(=O)N[C@H](C(=O)OCc2ccc3ccccc3n2)C(C)C)ccc(CO)c1BO. The molecule has 0 spiro atoms. The zero-order valence-electron chi connectivity index (χ0n) is 18.5. The summed E-state index contributed by atoms with van der Waals surface area (Å²) in [4.78, 5) is 30.2. The Bertz CT molecular complexity index is 1130. The number of fused-ring (bicyclic) bond motifs is 1. The van der Waals surface area contributed by atoms with E-state index in [1.54, 1.807) is 25.1 Å². The van der Waals surface area contributed by atoms with E-state index in [4.69, 9.17) is 4.74 Å². The number of rotatable bonds is 8. The van der Waals surface area contributed by atoms with Crippen LogP contribution < -0.4 is 10.8 Å². The van der Waals surface area contributed by atoms with E-state index in [9.17, 15) is 19.7 Å². The van der Waals surface area contributed by atoms with E-state index >= 15 is 0 Å². The number of para-hydroxylation sites is 1. The summed E-state index contributed by atoms with van der Waals surface area (Å²) in [5.41, 5.74) is 3.40. The highest BCUT2D eigenvalue weighted by molar-refractivity contribution is 6.47. The molecular formula is C24H27BN2O5. The molecule has 0 unspecified atom stereocenters. The van der Waals surface area contributed by atoms with Gasteiger partial charge in [-0.2, -0.15) is 0 Å². The molecule has 7 nitrogen and oxygen atoms in total. The molecular weight excluding hydrogens is 407 g/mol. The van der Waals surface area contributed by atoms with Gasteiger partial charge in [-0.1, -0.05) is 44.2 Å². The largest absolute Gasteiger partial charge is 0.458 e. The highest BCUT2D eigenvalue weighted by atomic mass is 16.5. The maximum absolute atomic E-state index is 12.9. The summed E-state index contributed by atoms with van der Waals surface area (Å²) in [6, 6.07) is 13.7. The van der Waals surface area contributed by atoms with Gasteiger partial charge in [-0.25, -0.2) is 9.78 Å². The van der Waals surface area contributed by atoms with Crippen molar-refractivity contribution in [3.63, 3.8) is 0 Å². The minimum Gasteiger partial charge on any atom is -0.458 e. The summed E-state index contributed by atoms with van der Waals surface area (Å²) in [6.07, 6.45) is 0. The number of benzene rings is 2. The van der Waals surface area contributed by atoms with Crippen molar-refractivity contribution in [3.05, 3.63) is 70.9 Å². The fraction of sp³-hybridized carbons (Fsp3) is 0.292. The molecule has 3 aromatic rings. The Morgan fingerprint density at radius 2 is 1.88 bits per heavy atom. The lowest BCUT2D eigenvalue weighted by atomic mass is 9.79. The number of aliphatic hydroxyl groups is 1. The highest BCUT2D eigenvalue weighted by Gasteiger charge is 2.27. The predicted octanol–water partition coefficient (Wildman–Crippen LogP) is 1.50. The zero-order chi connectivity index (χ0) is 23.3. The molecule has 0 radical (unpaired) electrons. The average molecular weight is 434 g/mol. The predicted molar refractivity (Wildman–Crippen MR) is 124 cm³/mol. The molecule has 0 saturated heterocycles. The Balaban J connectivity index is 1.71. The number of aromatic nitrogens is 1. The number of esters is 1. The third-order valence-electron chi connectivity index (χ3n) is 5.49. The molecule has 8 heteroatoms. The van der Waals surface area contributed by atoms with Gasteiger partial charge in [-0.15, -0.1) is 0 Å². The van der Waals surface area contributed by atoms with Gasteiger partial charge in [0, 0.05) is 10.9 Å². The van der Waals surface area contributed by atoms with E-state index in [2.05, 4.69) is 10.3 Å². The van der Waals surface area contributed by atoms with Gasteiger partial charge in [0.05, 0.1) is 17.8 Å². The fourth-order valence-electron chi connectivity index (χ4n) is 3.57. The van der Waals surface area contributed by atoms with Crippen LogP contribution >= 0.6 is 0 Å². The van der Waals surface area contributed by atoms with Crippen molar-refractivity contribution >= 4 is 35.7 Å². The second-order valence-corrected chi connectivity index (χ2v) is 7.99. The Hall–Kier alpha value is -3.23. The summed E-state index contributed by atoms with van der Waals surface area (Å²) < 4.78 is 5.46. The van der Waals surface area contributed by atoms with E-state index in [0.717, 1.165) is 10.9 Å². The molecule has 1 heterocycles. The second-order valence-electron chi connectivity index (χ2n) is 7.99. The smallest absolute Gasteiger partial charge is 0.329 e. The molecule has 3 rings (SSSR count). The first-order valence-corrected chi connectivity index (χ1v) is 10.5. The zero-order valence-corrected chi connectivity index (χ0v) is 18.5. The van der Waals surface area contributed by atoms with Crippen LogP contribution in [0, 0.1) is 12.8 Å². The van der Waals surface area contributed by atoms with Crippen LogP contribution in [-0.4, -0.2) is 40.5 Å². The summed E-state index contributed by atoms with van der Waals surface area (Å²) in [5, 5.41) is 22.8. The molecule has 3 N–H and O–H groups in total. The monoisotopic (exact) mass is 434 g/mol. The number of hydrogen-bond donors (Lipinski definition) is 3. The van der Waals surface area contributed by atoms with Crippen molar-refractivity contribution in [3.8, 4) is 0 Å². The summed E-state index contributed by atoms with van der Waals surface area (Å²) >= 11 is 0. The van der Waals surface area contributed by atoms with Gasteiger partial charge in [0.1, 0.15) is 12.6 Å². The Morgan fingerprint density at radius 3 is 2.56 bits per heavy atom. The molecule has 1 atom stereocenters. The van der Waals surface area contributed by atoms with E-state index in [-0.39, 0.29) is 26.6 Å². The summed E-state index contributed by atoms with van der Waals surface area (Å²) in [7, 11) is -0.294. The number of nitrogens with zero attached hydrogens (tertiary/aromatic N) is 1. The first-order valence-electron chi connectivity index (χ1n) is 10.5. The molecule has 0 saturated carbocycles. The molecule has 0 bridgehead atoms. The first-order chi connectivity index (χ1) is 15.3. The Morgan fingerprint density at radius 1 is 1.12 bits per heavy atom. The van der Waals surface area contributed by atoms with E-state index in [1.165, 1.54) is 0 Å². The summed E-state index contributed by atoms with van der Waals surface area (Å²) in [5.74, 6) is -1.19. The Kier molecular flexibility index (Phi) is 7.61. The van der Waals surface area contributed by atoms with Crippen LogP contribution in [-0.2, 0) is 22.7 Å². The van der Waals surface area contributed by atoms with Crippen molar-refractivity contribution in [1.82, 2.24) is 10.3 Å². The number of nitrogens with one attached hydrogen (secondary N) is 1. The van der Waals surface area contributed by atoms with Crippen LogP contribution in [0.15, 0.2) is 48.5 Å². The quantitative estimate of drug-likeness (QED) is 0.366. The van der Waals surface area contributed by atoms with Crippen molar-refractivity contribution < 1.29 is 24.5 Å². The number of amides is 1. The lowest BCUT2D eigenvalue weighted by Crippen LogP contribution is -2.45. The molecule has 166 valence electrons. The van der Waals surface area contributed by atoms with Crippen molar-refractivity contribution in [2.75, 3.05) is 0 Å². The van der Waals surface area contributed by atoms with Crippen molar-refractivity contribution in [1.29, 1.82) is 0 Å². The molecule has 0 fully saturated rings. The van der Waals surface area contributed by atoms with Crippen LogP contribution in [0.2, 0.25) is 0 Å². The number of carbonyl (C=O) groups is 2. The molecule has 2 aromatic carbocycles. The standard InChI is InChI=1S/C24H27BN2O5/c1-14(2)22(27-23(29)19-11-9-17(12-28)21(25-31)15(19)3)24(30)32-13-18-10-8-16-6-4-5-7-20(16)26-18/h4-11,14,22,25,28,31H,12-13H2,1-3H3,(H,27,29)/t22-/m0/s1. The maximum atomic E-state index is 12.9. The molecule has 1 amide bonds. The minimum atomic E-state index is -0.850. The normalized spacial score (nSPS) is 11.9. The van der Waals surface area contributed by atoms with E-state index in [1.807, 2.05) is 44.2 Å². The van der Waals surface area contributed by atoms with Crippen LogP contribution in [0.3, 0.4) is 0 Å². The molecule has 1 aromatic heterocycles. The van der Waals surface area contributed by atoms with Crippen LogP contribution in [0.25, 0.3) is 10.9 Å². The number of pyridine rings is 1. The number of aliphatic hydroxyl groups excluding tert-OH is 1. The lowest BCUT2D eigenvalue weighted by Gasteiger charge is -2.22. The van der Waals surface area contributed by atoms with Gasteiger partial charge in [-0.05, 0) is 47.6 Å². The molecule has 0 aliphatic heterocycles. The van der Waals surface area contributed by atoms with Gasteiger partial charge < -0.3 is 20.2 Å². The molecule has 0 aliphatic rings. The third-order valence-corrected chi connectivity index (χ3v) is 5.49. The van der Waals surface area contributed by atoms with Gasteiger partial charge >= 0.3 is 13.5 Å². The Labute approximate surface area is 187 Å². The summed E-state index contributed by atoms with van der Waals surface area (Å²) in [6.45, 7) is 5.11. The highest BCUT2D eigenvalue weighted by Crippen LogP contribution is 2.14. The molecule has 0 aliphatic carbocycles. The minimum absolute atomic E-state index is 0.00163. The number of carbonyl (C=O) groups excluding carboxylic acids is 2. The van der Waals surface area contributed by atoms with Gasteiger partial charge in [0.2, 0.25) is 0 Å². The number of ether oxygens (including phenoxy) is 1. The maximum Gasteiger partial charge on any atom is 0.329 e. The lowest BCUT2D eigenvalue weighted by molar-refractivity contribution is -0.148. The van der Waals surface area contributed by atoms with Gasteiger partial charge in [-0.3, -0.25) is 4.79 Å². The van der Waals surface area contributed by atoms with E-state index < -0.39 is 17.9 Å². The fourth-order valence-corrected chi connectivity index (χ4v) is 3.57. The molecule has 32 heavy (non-hydrogen) atoms. The van der Waals surface area contributed by atoms with Crippen molar-refractivity contribution in [2.24, 2.45) is 5.92 Å². The van der Waals surface area contributed by atoms with Crippen LogP contribution in [0.4, 0.5) is 0 Å². The number of hydrogen-bond acceptors (Lipinski definition) is 6.